The molecular formula is C24H26N2O7S. The minimum Gasteiger partial charge on any atom is -0.507 e. The van der Waals surface area contributed by atoms with E-state index in [-0.39, 0.29) is 48.0 Å². The van der Waals surface area contributed by atoms with Crippen LogP contribution in [0.5, 0.6) is 0 Å². The summed E-state index contributed by atoms with van der Waals surface area (Å²) >= 11 is 0. The summed E-state index contributed by atoms with van der Waals surface area (Å²) in [5.41, 5.74) is 0.869. The molecule has 1 atom stereocenters. The molecule has 4 rings (SSSR count). The van der Waals surface area contributed by atoms with Gasteiger partial charge >= 0.3 is 0 Å². The lowest BCUT2D eigenvalue weighted by molar-refractivity contribution is -0.140. The number of sulfonamides is 1. The molecule has 2 aliphatic heterocycles. The second kappa shape index (κ2) is 10.1. The molecule has 0 unspecified atom stereocenters. The summed E-state index contributed by atoms with van der Waals surface area (Å²) in [6.45, 7) is 1.61. The number of aliphatic hydroxyl groups excluding tert-OH is 1. The average molecular weight is 487 g/mol. The Hall–Kier alpha value is -3.05. The van der Waals surface area contributed by atoms with E-state index >= 15 is 0 Å². The first-order valence-electron chi connectivity index (χ1n) is 10.9. The zero-order valence-electron chi connectivity index (χ0n) is 18.7. The SMILES string of the molecule is COCCN1C(=O)C(=O)C(=C(O)c2ccc(S(=O)(=O)N3CCOCC3)cc2)[C@H]1c1ccccc1. The van der Waals surface area contributed by atoms with Crippen LogP contribution in [0.1, 0.15) is 17.2 Å². The molecule has 2 heterocycles. The maximum absolute atomic E-state index is 12.9. The van der Waals surface area contributed by atoms with Crippen LogP contribution < -0.4 is 0 Å². The molecule has 34 heavy (non-hydrogen) atoms. The van der Waals surface area contributed by atoms with Crippen LogP contribution in [0.4, 0.5) is 0 Å². The third-order valence-electron chi connectivity index (χ3n) is 5.93. The number of Topliss-reactive ketones (excluding diaryl/α,β-unsaturated/α-hetero) is 1. The van der Waals surface area contributed by atoms with Crippen molar-refractivity contribution in [1.82, 2.24) is 9.21 Å². The van der Waals surface area contributed by atoms with Crippen LogP contribution in [0.3, 0.4) is 0 Å². The molecule has 2 saturated heterocycles. The highest BCUT2D eigenvalue weighted by atomic mass is 32.2. The van der Waals surface area contributed by atoms with Crippen LogP contribution in [0.2, 0.25) is 0 Å². The number of carbonyl (C=O) groups excluding carboxylic acids is 2. The van der Waals surface area contributed by atoms with Gasteiger partial charge in [0.2, 0.25) is 10.0 Å². The molecule has 0 radical (unpaired) electrons. The fourth-order valence-corrected chi connectivity index (χ4v) is 5.57. The molecule has 2 aromatic rings. The molecule has 0 spiro atoms. The van der Waals surface area contributed by atoms with E-state index in [0.717, 1.165) is 0 Å². The lowest BCUT2D eigenvalue weighted by Crippen LogP contribution is -2.40. The highest BCUT2D eigenvalue weighted by Crippen LogP contribution is 2.39. The van der Waals surface area contributed by atoms with Gasteiger partial charge < -0.3 is 19.5 Å². The van der Waals surface area contributed by atoms with Gasteiger partial charge in [0.25, 0.3) is 11.7 Å². The predicted octanol–water partition coefficient (Wildman–Crippen LogP) is 1.78. The van der Waals surface area contributed by atoms with E-state index in [9.17, 15) is 23.1 Å². The molecular weight excluding hydrogens is 460 g/mol. The third-order valence-corrected chi connectivity index (χ3v) is 7.84. The quantitative estimate of drug-likeness (QED) is 0.361. The van der Waals surface area contributed by atoms with Gasteiger partial charge in [0.05, 0.1) is 36.3 Å². The van der Waals surface area contributed by atoms with Gasteiger partial charge in [-0.25, -0.2) is 8.42 Å². The molecule has 2 aromatic carbocycles. The van der Waals surface area contributed by atoms with Gasteiger partial charge in [0.15, 0.2) is 0 Å². The second-order valence-corrected chi connectivity index (χ2v) is 9.87. The van der Waals surface area contributed by atoms with E-state index in [1.54, 1.807) is 24.3 Å². The van der Waals surface area contributed by atoms with Gasteiger partial charge in [-0.1, -0.05) is 30.3 Å². The first-order valence-corrected chi connectivity index (χ1v) is 12.3. The minimum absolute atomic E-state index is 0.0453. The molecule has 180 valence electrons. The zero-order chi connectivity index (χ0) is 24.3. The number of likely N-dealkylation sites (tertiary alicyclic amines) is 1. The number of rotatable bonds is 7. The van der Waals surface area contributed by atoms with Crippen molar-refractivity contribution >= 4 is 27.5 Å². The summed E-state index contributed by atoms with van der Waals surface area (Å²) in [6.07, 6.45) is 0. The molecule has 0 bridgehead atoms. The summed E-state index contributed by atoms with van der Waals surface area (Å²) in [6, 6.07) is 13.8. The Morgan fingerprint density at radius 3 is 2.32 bits per heavy atom. The van der Waals surface area contributed by atoms with Gasteiger partial charge in [0, 0.05) is 32.3 Å². The molecule has 0 aliphatic carbocycles. The predicted molar refractivity (Wildman–Crippen MR) is 123 cm³/mol. The van der Waals surface area contributed by atoms with E-state index in [4.69, 9.17) is 9.47 Å². The van der Waals surface area contributed by atoms with Gasteiger partial charge in [-0.3, -0.25) is 9.59 Å². The fourth-order valence-electron chi connectivity index (χ4n) is 4.16. The van der Waals surface area contributed by atoms with Crippen molar-refractivity contribution in [2.75, 3.05) is 46.6 Å². The van der Waals surface area contributed by atoms with Crippen LogP contribution in [-0.4, -0.2) is 81.0 Å². The highest BCUT2D eigenvalue weighted by molar-refractivity contribution is 7.89. The maximum atomic E-state index is 12.9. The van der Waals surface area contributed by atoms with E-state index < -0.39 is 27.8 Å². The summed E-state index contributed by atoms with van der Waals surface area (Å²) in [4.78, 5) is 27.2. The average Bonchev–Trinajstić information content (AvgIpc) is 3.13. The van der Waals surface area contributed by atoms with Gasteiger partial charge in [-0.2, -0.15) is 4.31 Å². The number of carbonyl (C=O) groups is 2. The molecule has 1 N–H and O–H groups in total. The number of hydrogen-bond donors (Lipinski definition) is 1. The van der Waals surface area contributed by atoms with Crippen molar-refractivity contribution in [3.8, 4) is 0 Å². The molecule has 2 aliphatic rings. The first kappa shape index (κ1) is 24.1. The van der Waals surface area contributed by atoms with E-state index in [0.29, 0.717) is 18.8 Å². The van der Waals surface area contributed by atoms with Crippen LogP contribution in [-0.2, 0) is 29.1 Å². The van der Waals surface area contributed by atoms with E-state index in [2.05, 4.69) is 0 Å². The van der Waals surface area contributed by atoms with Crippen molar-refractivity contribution < 1.29 is 32.6 Å². The Labute approximate surface area is 198 Å². The maximum Gasteiger partial charge on any atom is 0.295 e. The highest BCUT2D eigenvalue weighted by Gasteiger charge is 2.45. The van der Waals surface area contributed by atoms with Gasteiger partial charge in [-0.15, -0.1) is 0 Å². The number of benzene rings is 2. The molecule has 0 saturated carbocycles. The molecule has 10 heteroatoms. The Balaban J connectivity index is 1.72. The van der Waals surface area contributed by atoms with Crippen molar-refractivity contribution in [2.45, 2.75) is 10.9 Å². The number of ketones is 1. The van der Waals surface area contributed by atoms with Crippen LogP contribution in [0.15, 0.2) is 65.1 Å². The van der Waals surface area contributed by atoms with E-state index in [1.165, 1.54) is 40.6 Å². The standard InChI is InChI=1S/C24H26N2O7S/c1-32-14-13-26-21(17-5-3-2-4-6-17)20(23(28)24(26)29)22(27)18-7-9-19(10-8-18)34(30,31)25-11-15-33-16-12-25/h2-10,21,27H,11-16H2,1H3/t21-/m1/s1. The number of amides is 1. The second-order valence-electron chi connectivity index (χ2n) is 7.94. The first-order chi connectivity index (χ1) is 16.4. The number of ether oxygens (including phenoxy) is 2. The fraction of sp³-hybridized carbons (Fsp3) is 0.333. The Bertz CT molecular complexity index is 1190. The summed E-state index contributed by atoms with van der Waals surface area (Å²) < 4.78 is 37.4. The lowest BCUT2D eigenvalue weighted by atomic mass is 9.95. The van der Waals surface area contributed by atoms with Crippen LogP contribution in [0, 0.1) is 0 Å². The van der Waals surface area contributed by atoms with Crippen molar-refractivity contribution in [3.05, 3.63) is 71.3 Å². The van der Waals surface area contributed by atoms with Crippen molar-refractivity contribution in [2.24, 2.45) is 0 Å². The Morgan fingerprint density at radius 2 is 1.71 bits per heavy atom. The summed E-state index contributed by atoms with van der Waals surface area (Å²) in [5, 5.41) is 11.1. The van der Waals surface area contributed by atoms with Crippen LogP contribution in [0.25, 0.3) is 5.76 Å². The molecule has 0 aromatic heterocycles. The van der Waals surface area contributed by atoms with Crippen molar-refractivity contribution in [3.63, 3.8) is 0 Å². The smallest absolute Gasteiger partial charge is 0.295 e. The topological polar surface area (TPSA) is 113 Å². The number of hydrogen-bond acceptors (Lipinski definition) is 7. The number of morpholine rings is 1. The third kappa shape index (κ3) is 4.49. The van der Waals surface area contributed by atoms with E-state index in [1.807, 2.05) is 6.07 Å². The number of aliphatic hydroxyl groups is 1. The number of methoxy groups -OCH3 is 1. The Kier molecular flexibility index (Phi) is 7.13. The monoisotopic (exact) mass is 486 g/mol. The minimum atomic E-state index is -3.70. The van der Waals surface area contributed by atoms with Gasteiger partial charge in [-0.05, 0) is 29.8 Å². The molecule has 9 nitrogen and oxygen atoms in total. The van der Waals surface area contributed by atoms with Crippen LogP contribution >= 0.6 is 0 Å². The van der Waals surface area contributed by atoms with Gasteiger partial charge in [0.1, 0.15) is 5.76 Å². The zero-order valence-corrected chi connectivity index (χ0v) is 19.5. The summed E-state index contributed by atoms with van der Waals surface area (Å²) in [7, 11) is -2.20. The summed E-state index contributed by atoms with van der Waals surface area (Å²) in [5.74, 6) is -1.88. The molecule has 2 fully saturated rings. The number of nitrogens with zero attached hydrogens (tertiary/aromatic N) is 2. The van der Waals surface area contributed by atoms with Crippen molar-refractivity contribution in [1.29, 1.82) is 0 Å². The molecule has 1 amide bonds. The lowest BCUT2D eigenvalue weighted by Gasteiger charge is -2.26. The Morgan fingerprint density at radius 1 is 1.06 bits per heavy atom. The largest absolute Gasteiger partial charge is 0.507 e. The normalized spacial score (nSPS) is 21.2.